The average molecular weight is 376 g/mol. The van der Waals surface area contributed by atoms with E-state index in [-0.39, 0.29) is 5.69 Å². The minimum Gasteiger partial charge on any atom is -0.370 e. The second kappa shape index (κ2) is 7.34. The van der Waals surface area contributed by atoms with Gasteiger partial charge in [-0.25, -0.2) is 14.6 Å². The smallest absolute Gasteiger partial charge is 0.238 e. The van der Waals surface area contributed by atoms with E-state index >= 15 is 0 Å². The fourth-order valence-electron chi connectivity index (χ4n) is 3.04. The zero-order chi connectivity index (χ0) is 19.7. The molecule has 142 valence electrons. The van der Waals surface area contributed by atoms with Crippen molar-refractivity contribution in [3.05, 3.63) is 60.3 Å². The summed E-state index contributed by atoms with van der Waals surface area (Å²) in [6, 6.07) is 13.3. The van der Waals surface area contributed by atoms with Crippen LogP contribution in [0.1, 0.15) is 19.5 Å². The first-order valence-electron chi connectivity index (χ1n) is 9.21. The van der Waals surface area contributed by atoms with Crippen molar-refractivity contribution in [3.63, 3.8) is 0 Å². The Kier molecular flexibility index (Phi) is 4.73. The van der Waals surface area contributed by atoms with Crippen LogP contribution in [-0.4, -0.2) is 31.5 Å². The van der Waals surface area contributed by atoms with Gasteiger partial charge >= 0.3 is 0 Å². The number of hydrogen-bond donors (Lipinski definition) is 1. The predicted octanol–water partition coefficient (Wildman–Crippen LogP) is 4.39. The van der Waals surface area contributed by atoms with Gasteiger partial charge in [-0.3, -0.25) is 0 Å². The number of aromatic nitrogens is 5. The minimum atomic E-state index is -0.578. The van der Waals surface area contributed by atoms with Crippen LogP contribution >= 0.6 is 0 Å². The summed E-state index contributed by atoms with van der Waals surface area (Å²) in [5.74, 6) is 0.837. The lowest BCUT2D eigenvalue weighted by Crippen LogP contribution is -2.08. The lowest BCUT2D eigenvalue weighted by molar-refractivity contribution is 0.564. The Labute approximate surface area is 162 Å². The van der Waals surface area contributed by atoms with Crippen LogP contribution in [0.15, 0.2) is 48.7 Å². The third kappa shape index (κ3) is 3.43. The standard InChI is InChI=1S/C21H21FN6/c1-13(2)12-24-19-9-7-15-11-16(6-8-17(15)25-19)20-14(3)28(27-26-20)18-5-4-10-23-21(18)22/h4-11,13H,12H2,1-3H3,(H,24,25). The summed E-state index contributed by atoms with van der Waals surface area (Å²) >= 11 is 0. The highest BCUT2D eigenvalue weighted by atomic mass is 19.1. The van der Waals surface area contributed by atoms with Crippen LogP contribution in [0.3, 0.4) is 0 Å². The summed E-state index contributed by atoms with van der Waals surface area (Å²) in [5.41, 5.74) is 3.54. The van der Waals surface area contributed by atoms with E-state index in [2.05, 4.69) is 39.4 Å². The Balaban J connectivity index is 1.68. The van der Waals surface area contributed by atoms with E-state index < -0.39 is 5.95 Å². The molecule has 0 fully saturated rings. The number of hydrogen-bond acceptors (Lipinski definition) is 5. The van der Waals surface area contributed by atoms with Crippen molar-refractivity contribution in [2.45, 2.75) is 20.8 Å². The van der Waals surface area contributed by atoms with Crippen molar-refractivity contribution in [2.24, 2.45) is 5.92 Å². The van der Waals surface area contributed by atoms with Gasteiger partial charge in [-0.05, 0) is 49.2 Å². The largest absolute Gasteiger partial charge is 0.370 e. The number of anilines is 1. The van der Waals surface area contributed by atoms with Gasteiger partial charge in [-0.1, -0.05) is 25.1 Å². The van der Waals surface area contributed by atoms with Gasteiger partial charge in [0.15, 0.2) is 0 Å². The Morgan fingerprint density at radius 1 is 1.14 bits per heavy atom. The van der Waals surface area contributed by atoms with Crippen LogP contribution in [0.4, 0.5) is 10.2 Å². The summed E-state index contributed by atoms with van der Waals surface area (Å²) in [6.07, 6.45) is 1.41. The SMILES string of the molecule is Cc1c(-c2ccc3nc(NCC(C)C)ccc3c2)nnn1-c1cccnc1F. The molecule has 3 aromatic heterocycles. The molecule has 0 atom stereocenters. The normalized spacial score (nSPS) is 11.3. The number of nitrogens with zero attached hydrogens (tertiary/aromatic N) is 5. The zero-order valence-electron chi connectivity index (χ0n) is 16.0. The molecular formula is C21H21FN6. The zero-order valence-corrected chi connectivity index (χ0v) is 16.0. The van der Waals surface area contributed by atoms with Gasteiger partial charge in [0.2, 0.25) is 5.95 Å². The fourth-order valence-corrected chi connectivity index (χ4v) is 3.04. The Hall–Kier alpha value is -3.35. The van der Waals surface area contributed by atoms with Gasteiger partial charge in [0.1, 0.15) is 17.2 Å². The second-order valence-corrected chi connectivity index (χ2v) is 7.13. The molecule has 7 heteroatoms. The molecule has 0 aliphatic carbocycles. The molecule has 0 amide bonds. The Bertz CT molecular complexity index is 1130. The molecule has 0 aliphatic heterocycles. The summed E-state index contributed by atoms with van der Waals surface area (Å²) < 4.78 is 15.5. The summed E-state index contributed by atoms with van der Waals surface area (Å²) in [4.78, 5) is 8.34. The molecule has 0 saturated heterocycles. The molecule has 0 radical (unpaired) electrons. The highest BCUT2D eigenvalue weighted by Gasteiger charge is 2.15. The van der Waals surface area contributed by atoms with E-state index in [0.717, 1.165) is 34.5 Å². The molecule has 4 aromatic rings. The molecule has 1 N–H and O–H groups in total. The number of pyridine rings is 2. The highest BCUT2D eigenvalue weighted by molar-refractivity contribution is 5.85. The first-order chi connectivity index (χ1) is 13.5. The van der Waals surface area contributed by atoms with E-state index in [9.17, 15) is 4.39 Å². The molecule has 0 bridgehead atoms. The average Bonchev–Trinajstić information content (AvgIpc) is 3.07. The molecule has 28 heavy (non-hydrogen) atoms. The van der Waals surface area contributed by atoms with Gasteiger partial charge in [0.05, 0.1) is 11.2 Å². The third-order valence-corrected chi connectivity index (χ3v) is 4.52. The number of halogens is 1. The van der Waals surface area contributed by atoms with Gasteiger partial charge in [-0.2, -0.15) is 4.39 Å². The van der Waals surface area contributed by atoms with E-state index in [1.165, 1.54) is 10.9 Å². The van der Waals surface area contributed by atoms with E-state index in [4.69, 9.17) is 0 Å². The van der Waals surface area contributed by atoms with Crippen LogP contribution in [0.5, 0.6) is 0 Å². The Morgan fingerprint density at radius 2 is 2.00 bits per heavy atom. The lowest BCUT2D eigenvalue weighted by atomic mass is 10.1. The maximum absolute atomic E-state index is 14.0. The molecular weight excluding hydrogens is 355 g/mol. The molecule has 3 heterocycles. The first-order valence-corrected chi connectivity index (χ1v) is 9.21. The summed E-state index contributed by atoms with van der Waals surface area (Å²) in [7, 11) is 0. The molecule has 0 aliphatic rings. The summed E-state index contributed by atoms with van der Waals surface area (Å²) in [6.45, 7) is 7.06. The van der Waals surface area contributed by atoms with Crippen molar-refractivity contribution in [3.8, 4) is 16.9 Å². The van der Waals surface area contributed by atoms with Crippen LogP contribution in [0.25, 0.3) is 27.8 Å². The van der Waals surface area contributed by atoms with Crippen molar-refractivity contribution < 1.29 is 4.39 Å². The van der Waals surface area contributed by atoms with Crippen LogP contribution in [-0.2, 0) is 0 Å². The van der Waals surface area contributed by atoms with Gasteiger partial charge in [0, 0.05) is 23.7 Å². The molecule has 0 unspecified atom stereocenters. The molecule has 6 nitrogen and oxygen atoms in total. The lowest BCUT2D eigenvalue weighted by Gasteiger charge is -2.09. The van der Waals surface area contributed by atoms with Crippen molar-refractivity contribution >= 4 is 16.7 Å². The van der Waals surface area contributed by atoms with E-state index in [0.29, 0.717) is 11.6 Å². The monoisotopic (exact) mass is 376 g/mol. The topological polar surface area (TPSA) is 68.5 Å². The third-order valence-electron chi connectivity index (χ3n) is 4.52. The minimum absolute atomic E-state index is 0.280. The van der Waals surface area contributed by atoms with Crippen molar-refractivity contribution in [1.82, 2.24) is 25.0 Å². The molecule has 1 aromatic carbocycles. The molecule has 0 saturated carbocycles. The number of fused-ring (bicyclic) bond motifs is 1. The second-order valence-electron chi connectivity index (χ2n) is 7.13. The summed E-state index contributed by atoms with van der Waals surface area (Å²) in [5, 5.41) is 12.7. The highest BCUT2D eigenvalue weighted by Crippen LogP contribution is 2.27. The van der Waals surface area contributed by atoms with Crippen molar-refractivity contribution in [1.29, 1.82) is 0 Å². The quantitative estimate of drug-likeness (QED) is 0.523. The van der Waals surface area contributed by atoms with E-state index in [1.807, 2.05) is 37.3 Å². The maximum atomic E-state index is 14.0. The van der Waals surface area contributed by atoms with E-state index in [1.54, 1.807) is 12.1 Å². The maximum Gasteiger partial charge on any atom is 0.238 e. The van der Waals surface area contributed by atoms with Crippen LogP contribution in [0.2, 0.25) is 0 Å². The first kappa shape index (κ1) is 18.0. The van der Waals surface area contributed by atoms with Crippen molar-refractivity contribution in [2.75, 3.05) is 11.9 Å². The van der Waals surface area contributed by atoms with Crippen LogP contribution < -0.4 is 5.32 Å². The number of benzene rings is 1. The number of rotatable bonds is 5. The molecule has 0 spiro atoms. The van der Waals surface area contributed by atoms with Gasteiger partial charge in [-0.15, -0.1) is 5.10 Å². The van der Waals surface area contributed by atoms with Gasteiger partial charge in [0.25, 0.3) is 0 Å². The fraction of sp³-hybridized carbons (Fsp3) is 0.238. The molecule has 4 rings (SSSR count). The van der Waals surface area contributed by atoms with Gasteiger partial charge < -0.3 is 5.32 Å². The Morgan fingerprint density at radius 3 is 2.79 bits per heavy atom. The predicted molar refractivity (Wildman–Crippen MR) is 108 cm³/mol. The van der Waals surface area contributed by atoms with Crippen LogP contribution in [0, 0.1) is 18.8 Å². The number of nitrogens with one attached hydrogen (secondary N) is 1.